The molecule has 1 N–H and O–H groups in total. The summed E-state index contributed by atoms with van der Waals surface area (Å²) in [6.07, 6.45) is -4.93. The van der Waals surface area contributed by atoms with Gasteiger partial charge in [0.15, 0.2) is 5.78 Å². The number of H-pyrrole nitrogens is 1. The minimum Gasteiger partial charge on any atom is -0.377 e. The number of benzene rings is 1. The Morgan fingerprint density at radius 3 is 2.58 bits per heavy atom. The van der Waals surface area contributed by atoms with Crippen molar-refractivity contribution in [2.75, 3.05) is 7.11 Å². The molecule has 0 saturated carbocycles. The van der Waals surface area contributed by atoms with Gasteiger partial charge in [-0.1, -0.05) is 13.0 Å². The van der Waals surface area contributed by atoms with Crippen LogP contribution in [-0.4, -0.2) is 22.9 Å². The summed E-state index contributed by atoms with van der Waals surface area (Å²) in [5.74, 6) is -2.27. The average molecular weight is 372 g/mol. The Bertz CT molecular complexity index is 862. The van der Waals surface area contributed by atoms with E-state index in [0.29, 0.717) is 6.07 Å². The van der Waals surface area contributed by atoms with Crippen LogP contribution in [0.3, 0.4) is 0 Å². The number of hydrogen-bond acceptors (Lipinski definition) is 4. The van der Waals surface area contributed by atoms with Crippen molar-refractivity contribution in [2.24, 2.45) is 0 Å². The second kappa shape index (κ2) is 7.77. The Kier molecular flexibility index (Phi) is 5.91. The van der Waals surface area contributed by atoms with Gasteiger partial charge in [-0.05, 0) is 23.6 Å². The van der Waals surface area contributed by atoms with Gasteiger partial charge in [0.1, 0.15) is 23.9 Å². The number of ketones is 1. The maximum Gasteiger partial charge on any atom is 0.419 e. The highest BCUT2D eigenvalue weighted by molar-refractivity contribution is 5.94. The summed E-state index contributed by atoms with van der Waals surface area (Å²) in [7, 11) is 1.40. The molecular weight excluding hydrogens is 356 g/mol. The molecule has 0 aliphatic heterocycles. The fourth-order valence-electron chi connectivity index (χ4n) is 2.42. The topological polar surface area (TPSA) is 72.0 Å². The number of carbonyl (C=O) groups excluding carboxylic acids is 1. The van der Waals surface area contributed by atoms with Crippen LogP contribution < -0.4 is 5.56 Å². The number of halogens is 4. The van der Waals surface area contributed by atoms with Crippen LogP contribution in [0.1, 0.15) is 46.7 Å². The second-order valence-electron chi connectivity index (χ2n) is 5.78. The molecule has 5 nitrogen and oxygen atoms in total. The van der Waals surface area contributed by atoms with E-state index in [9.17, 15) is 27.2 Å². The highest BCUT2D eigenvalue weighted by Gasteiger charge is 2.34. The van der Waals surface area contributed by atoms with Gasteiger partial charge in [-0.25, -0.2) is 9.37 Å². The van der Waals surface area contributed by atoms with Gasteiger partial charge in [0.05, 0.1) is 5.56 Å². The average Bonchev–Trinajstić information content (AvgIpc) is 2.53. The third-order valence-electron chi connectivity index (χ3n) is 3.72. The van der Waals surface area contributed by atoms with Crippen molar-refractivity contribution in [2.45, 2.75) is 32.0 Å². The first-order valence-corrected chi connectivity index (χ1v) is 7.61. The smallest absolute Gasteiger partial charge is 0.377 e. The highest BCUT2D eigenvalue weighted by atomic mass is 19.4. The van der Waals surface area contributed by atoms with E-state index in [-0.39, 0.29) is 30.1 Å². The second-order valence-corrected chi connectivity index (χ2v) is 5.78. The molecule has 2 rings (SSSR count). The lowest BCUT2D eigenvalue weighted by molar-refractivity contribution is -0.140. The summed E-state index contributed by atoms with van der Waals surface area (Å²) in [6.45, 7) is 1.58. The van der Waals surface area contributed by atoms with Gasteiger partial charge in [-0.2, -0.15) is 13.2 Å². The van der Waals surface area contributed by atoms with Crippen molar-refractivity contribution >= 4 is 5.78 Å². The van der Waals surface area contributed by atoms with Gasteiger partial charge in [0.25, 0.3) is 5.56 Å². The fraction of sp³-hybridized carbons (Fsp3) is 0.353. The first-order chi connectivity index (χ1) is 12.1. The Balaban J connectivity index is 2.19. The number of hydrogen-bond donors (Lipinski definition) is 1. The molecule has 0 spiro atoms. The van der Waals surface area contributed by atoms with Crippen LogP contribution in [0.15, 0.2) is 29.1 Å². The van der Waals surface area contributed by atoms with Gasteiger partial charge in [0.2, 0.25) is 0 Å². The number of aromatic amines is 1. The number of carbonyl (C=O) groups is 1. The summed E-state index contributed by atoms with van der Waals surface area (Å²) in [4.78, 5) is 30.3. The number of alkyl halides is 3. The van der Waals surface area contributed by atoms with Crippen molar-refractivity contribution in [3.8, 4) is 0 Å². The van der Waals surface area contributed by atoms with E-state index < -0.39 is 34.8 Å². The van der Waals surface area contributed by atoms with Crippen LogP contribution in [0.2, 0.25) is 0 Å². The number of methoxy groups -OCH3 is 1. The molecule has 0 fully saturated rings. The zero-order chi connectivity index (χ0) is 19.5. The molecule has 0 saturated heterocycles. The number of rotatable bonds is 6. The predicted octanol–water partition coefficient (Wildman–Crippen LogP) is 3.45. The molecule has 26 heavy (non-hydrogen) atoms. The van der Waals surface area contributed by atoms with Crippen molar-refractivity contribution < 1.29 is 27.1 Å². The molecule has 9 heteroatoms. The number of ether oxygens (including phenoxy) is 1. The van der Waals surface area contributed by atoms with E-state index in [2.05, 4.69) is 9.97 Å². The molecule has 2 aromatic rings. The molecule has 1 heterocycles. The molecule has 0 aliphatic rings. The minimum atomic E-state index is -4.78. The molecule has 1 aromatic carbocycles. The van der Waals surface area contributed by atoms with Crippen molar-refractivity contribution in [3.63, 3.8) is 0 Å². The zero-order valence-corrected chi connectivity index (χ0v) is 14.0. The summed E-state index contributed by atoms with van der Waals surface area (Å²) >= 11 is 0. The van der Waals surface area contributed by atoms with Crippen LogP contribution in [0.4, 0.5) is 17.6 Å². The maximum atomic E-state index is 13.7. The van der Waals surface area contributed by atoms with Crippen molar-refractivity contribution in [3.05, 3.63) is 63.1 Å². The molecule has 0 unspecified atom stereocenters. The summed E-state index contributed by atoms with van der Waals surface area (Å²) < 4.78 is 56.3. The van der Waals surface area contributed by atoms with E-state index in [1.54, 1.807) is 6.92 Å². The van der Waals surface area contributed by atoms with Gasteiger partial charge in [-0.3, -0.25) is 9.59 Å². The normalized spacial score (nSPS) is 12.8. The molecule has 0 aliphatic carbocycles. The molecule has 0 amide bonds. The van der Waals surface area contributed by atoms with Gasteiger partial charge in [-0.15, -0.1) is 0 Å². The first-order valence-electron chi connectivity index (χ1n) is 7.61. The minimum absolute atomic E-state index is 0.00995. The van der Waals surface area contributed by atoms with E-state index in [4.69, 9.17) is 4.74 Å². The van der Waals surface area contributed by atoms with E-state index >= 15 is 0 Å². The van der Waals surface area contributed by atoms with Crippen molar-refractivity contribution in [1.29, 1.82) is 0 Å². The van der Waals surface area contributed by atoms with Crippen molar-refractivity contribution in [1.82, 2.24) is 9.97 Å². The Hall–Kier alpha value is -2.55. The molecular formula is C17H16F4N2O3. The van der Waals surface area contributed by atoms with Crippen LogP contribution >= 0.6 is 0 Å². The lowest BCUT2D eigenvalue weighted by Crippen LogP contribution is -2.17. The predicted molar refractivity (Wildman–Crippen MR) is 84.3 cm³/mol. The quantitative estimate of drug-likeness (QED) is 0.623. The Morgan fingerprint density at radius 1 is 1.31 bits per heavy atom. The first kappa shape index (κ1) is 19.8. The highest BCUT2D eigenvalue weighted by Crippen LogP contribution is 2.33. The monoisotopic (exact) mass is 372 g/mol. The SMILES string of the molecule is COCc1nc(C(=O)C[C@H](C)c2ccc(C(F)(F)F)c(F)c2)cc(=O)[nH]1. The molecule has 140 valence electrons. The van der Waals surface area contributed by atoms with E-state index in [1.807, 2.05) is 0 Å². The molecule has 0 radical (unpaired) electrons. The Morgan fingerprint density at radius 2 is 2.00 bits per heavy atom. The lowest BCUT2D eigenvalue weighted by atomic mass is 9.93. The number of nitrogens with zero attached hydrogens (tertiary/aromatic N) is 1. The molecule has 0 bridgehead atoms. The van der Waals surface area contributed by atoms with Gasteiger partial charge < -0.3 is 9.72 Å². The maximum absolute atomic E-state index is 13.7. The third kappa shape index (κ3) is 4.75. The Labute approximate surface area is 146 Å². The lowest BCUT2D eigenvalue weighted by Gasteiger charge is -2.14. The summed E-state index contributed by atoms with van der Waals surface area (Å²) in [5, 5.41) is 0. The zero-order valence-electron chi connectivity index (χ0n) is 14.0. The number of aromatic nitrogens is 2. The van der Waals surface area contributed by atoms with E-state index in [0.717, 1.165) is 18.2 Å². The van der Waals surface area contributed by atoms with Crippen LogP contribution in [0.25, 0.3) is 0 Å². The molecule has 1 atom stereocenters. The van der Waals surface area contributed by atoms with Gasteiger partial charge in [0, 0.05) is 19.6 Å². The summed E-state index contributed by atoms with van der Waals surface area (Å²) in [6, 6.07) is 3.57. The number of Topliss-reactive ketones (excluding diaryl/α,β-unsaturated/α-hetero) is 1. The van der Waals surface area contributed by atoms with Gasteiger partial charge >= 0.3 is 6.18 Å². The van der Waals surface area contributed by atoms with E-state index in [1.165, 1.54) is 7.11 Å². The summed E-state index contributed by atoms with van der Waals surface area (Å²) in [5.41, 5.74) is -1.73. The molecule has 1 aromatic heterocycles. The third-order valence-corrected chi connectivity index (χ3v) is 3.72. The standard InChI is InChI=1S/C17H16F4N2O3/c1-9(10-3-4-11(12(18)6-10)17(19,20)21)5-14(24)13-7-16(25)23-15(22-13)8-26-2/h3-4,6-7,9H,5,8H2,1-2H3,(H,22,23,25)/t9-/m0/s1. The van der Waals surface area contributed by atoms with Crippen LogP contribution in [-0.2, 0) is 17.5 Å². The number of nitrogens with one attached hydrogen (secondary N) is 1. The largest absolute Gasteiger partial charge is 0.419 e. The van der Waals surface area contributed by atoms with Crippen LogP contribution in [0.5, 0.6) is 0 Å². The van der Waals surface area contributed by atoms with Crippen LogP contribution in [0, 0.1) is 5.82 Å². The fourth-order valence-corrected chi connectivity index (χ4v) is 2.42.